The zero-order valence-electron chi connectivity index (χ0n) is 13.3. The van der Waals surface area contributed by atoms with Crippen LogP contribution in [0.15, 0.2) is 18.2 Å². The van der Waals surface area contributed by atoms with Crippen LogP contribution in [-0.4, -0.2) is 30.7 Å². The number of quaternary nitrogens is 1. The lowest BCUT2D eigenvalue weighted by atomic mass is 9.94. The SMILES string of the molecule is CC(C)(C)C[N+]1(Cc2ccc(Cl)cc2Cl)CC[C@@H](CN)C1. The molecule has 2 N–H and O–H groups in total. The Kier molecular flexibility index (Phi) is 5.25. The Hall–Kier alpha value is -0.280. The largest absolute Gasteiger partial charge is 0.330 e. The Bertz CT molecular complexity index is 496. The minimum Gasteiger partial charge on any atom is -0.330 e. The molecule has 1 aliphatic rings. The zero-order valence-corrected chi connectivity index (χ0v) is 14.8. The van der Waals surface area contributed by atoms with Crippen molar-refractivity contribution in [3.05, 3.63) is 33.8 Å². The van der Waals surface area contributed by atoms with Gasteiger partial charge >= 0.3 is 0 Å². The van der Waals surface area contributed by atoms with Gasteiger partial charge in [0.25, 0.3) is 0 Å². The van der Waals surface area contributed by atoms with E-state index < -0.39 is 0 Å². The fourth-order valence-corrected chi connectivity index (χ4v) is 4.21. The number of hydrogen-bond donors (Lipinski definition) is 1. The third-order valence-corrected chi connectivity index (χ3v) is 4.91. The first-order valence-corrected chi connectivity index (χ1v) is 8.48. The molecule has 4 heteroatoms. The summed E-state index contributed by atoms with van der Waals surface area (Å²) in [4.78, 5) is 0. The molecule has 1 saturated heterocycles. The second kappa shape index (κ2) is 6.45. The van der Waals surface area contributed by atoms with Gasteiger partial charge in [0.1, 0.15) is 6.54 Å². The van der Waals surface area contributed by atoms with Gasteiger partial charge < -0.3 is 10.2 Å². The smallest absolute Gasteiger partial charge is 0.106 e. The van der Waals surface area contributed by atoms with E-state index >= 15 is 0 Å². The van der Waals surface area contributed by atoms with Crippen molar-refractivity contribution in [2.45, 2.75) is 33.7 Å². The topological polar surface area (TPSA) is 26.0 Å². The van der Waals surface area contributed by atoms with E-state index in [0.717, 1.165) is 35.7 Å². The lowest BCUT2D eigenvalue weighted by molar-refractivity contribution is -0.936. The summed E-state index contributed by atoms with van der Waals surface area (Å²) in [6, 6.07) is 5.86. The van der Waals surface area contributed by atoms with Gasteiger partial charge in [-0.1, -0.05) is 50.0 Å². The van der Waals surface area contributed by atoms with Crippen LogP contribution in [0, 0.1) is 11.3 Å². The van der Waals surface area contributed by atoms with Crippen LogP contribution in [-0.2, 0) is 6.54 Å². The fraction of sp³-hybridized carbons (Fsp3) is 0.647. The summed E-state index contributed by atoms with van der Waals surface area (Å²) in [6.45, 7) is 12.2. The Morgan fingerprint density at radius 2 is 2.00 bits per heavy atom. The highest BCUT2D eigenvalue weighted by atomic mass is 35.5. The number of benzene rings is 1. The van der Waals surface area contributed by atoms with Gasteiger partial charge in [0.05, 0.1) is 24.7 Å². The molecule has 1 aromatic carbocycles. The Balaban J connectivity index is 2.24. The van der Waals surface area contributed by atoms with Gasteiger partial charge in [0.2, 0.25) is 0 Å². The molecular formula is C17H27Cl2N2+. The monoisotopic (exact) mass is 329 g/mol. The number of nitrogens with two attached hydrogens (primary N) is 1. The zero-order chi connectivity index (χ0) is 15.7. The maximum Gasteiger partial charge on any atom is 0.106 e. The first-order chi connectivity index (χ1) is 9.73. The number of hydrogen-bond acceptors (Lipinski definition) is 1. The van der Waals surface area contributed by atoms with Gasteiger partial charge in [-0.25, -0.2) is 0 Å². The minimum absolute atomic E-state index is 0.294. The minimum atomic E-state index is 0.294. The summed E-state index contributed by atoms with van der Waals surface area (Å²) < 4.78 is 1.09. The average molecular weight is 330 g/mol. The molecule has 21 heavy (non-hydrogen) atoms. The molecule has 0 aliphatic carbocycles. The lowest BCUT2D eigenvalue weighted by Gasteiger charge is -2.40. The van der Waals surface area contributed by atoms with Crippen molar-refractivity contribution in [1.29, 1.82) is 0 Å². The molecule has 1 aliphatic heterocycles. The van der Waals surface area contributed by atoms with Crippen LogP contribution in [0.2, 0.25) is 10.0 Å². The average Bonchev–Trinajstić information content (AvgIpc) is 2.74. The van der Waals surface area contributed by atoms with Crippen molar-refractivity contribution >= 4 is 23.2 Å². The molecule has 2 rings (SSSR count). The van der Waals surface area contributed by atoms with E-state index in [1.165, 1.54) is 18.5 Å². The van der Waals surface area contributed by atoms with Gasteiger partial charge in [0.15, 0.2) is 0 Å². The molecule has 1 aromatic rings. The van der Waals surface area contributed by atoms with Crippen molar-refractivity contribution in [3.63, 3.8) is 0 Å². The first-order valence-electron chi connectivity index (χ1n) is 7.72. The highest BCUT2D eigenvalue weighted by molar-refractivity contribution is 6.35. The summed E-state index contributed by atoms with van der Waals surface area (Å²) in [5.74, 6) is 0.637. The molecular weight excluding hydrogens is 303 g/mol. The number of rotatable bonds is 4. The van der Waals surface area contributed by atoms with Crippen molar-refractivity contribution in [3.8, 4) is 0 Å². The van der Waals surface area contributed by atoms with E-state index in [0.29, 0.717) is 16.4 Å². The normalized spacial score (nSPS) is 26.3. The van der Waals surface area contributed by atoms with Crippen molar-refractivity contribution in [2.24, 2.45) is 17.1 Å². The summed E-state index contributed by atoms with van der Waals surface area (Å²) in [5, 5.41) is 1.48. The van der Waals surface area contributed by atoms with Gasteiger partial charge in [0, 0.05) is 34.9 Å². The third kappa shape index (κ3) is 4.59. The van der Waals surface area contributed by atoms with E-state index in [-0.39, 0.29) is 0 Å². The molecule has 0 spiro atoms. The van der Waals surface area contributed by atoms with E-state index in [9.17, 15) is 0 Å². The quantitative estimate of drug-likeness (QED) is 0.817. The number of likely N-dealkylation sites (tertiary alicyclic amines) is 1. The molecule has 2 nitrogen and oxygen atoms in total. The molecule has 0 aromatic heterocycles. The predicted octanol–water partition coefficient (Wildman–Crippen LogP) is 4.33. The standard InChI is InChI=1S/C17H27Cl2N2/c1-17(2,3)12-21(7-6-13(9-20)10-21)11-14-4-5-15(18)8-16(14)19/h4-5,8,13H,6-7,9-12,20H2,1-3H3/q+1/t13-,21?/m0/s1. The molecule has 0 saturated carbocycles. The molecule has 118 valence electrons. The molecule has 1 heterocycles. The van der Waals surface area contributed by atoms with Crippen LogP contribution < -0.4 is 5.73 Å². The van der Waals surface area contributed by atoms with Gasteiger partial charge in [-0.3, -0.25) is 0 Å². The van der Waals surface area contributed by atoms with Crippen LogP contribution in [0.25, 0.3) is 0 Å². The van der Waals surface area contributed by atoms with Crippen LogP contribution in [0.3, 0.4) is 0 Å². The molecule has 0 bridgehead atoms. The van der Waals surface area contributed by atoms with Gasteiger partial charge in [-0.05, 0) is 12.1 Å². The predicted molar refractivity (Wildman–Crippen MR) is 91.6 cm³/mol. The molecule has 1 unspecified atom stereocenters. The molecule has 0 amide bonds. The second-order valence-corrected chi connectivity index (χ2v) is 8.59. The molecule has 1 fully saturated rings. The Labute approximate surface area is 138 Å². The van der Waals surface area contributed by atoms with E-state index in [1.54, 1.807) is 0 Å². The Morgan fingerprint density at radius 1 is 1.29 bits per heavy atom. The second-order valence-electron chi connectivity index (χ2n) is 7.75. The maximum atomic E-state index is 6.39. The van der Waals surface area contributed by atoms with Crippen molar-refractivity contribution < 1.29 is 4.48 Å². The number of nitrogens with zero attached hydrogens (tertiary/aromatic N) is 1. The van der Waals surface area contributed by atoms with Crippen molar-refractivity contribution in [2.75, 3.05) is 26.2 Å². The van der Waals surface area contributed by atoms with Crippen LogP contribution in [0.5, 0.6) is 0 Å². The van der Waals surface area contributed by atoms with Crippen LogP contribution in [0.1, 0.15) is 32.8 Å². The highest BCUT2D eigenvalue weighted by Gasteiger charge is 2.40. The van der Waals surface area contributed by atoms with E-state index in [4.69, 9.17) is 28.9 Å². The first kappa shape index (κ1) is 17.1. The molecule has 2 atom stereocenters. The van der Waals surface area contributed by atoms with Crippen LogP contribution in [0.4, 0.5) is 0 Å². The van der Waals surface area contributed by atoms with E-state index in [1.807, 2.05) is 12.1 Å². The summed E-state index contributed by atoms with van der Waals surface area (Å²) in [6.07, 6.45) is 1.22. The lowest BCUT2D eigenvalue weighted by Crippen LogP contribution is -2.50. The third-order valence-electron chi connectivity index (χ3n) is 4.32. The fourth-order valence-electron chi connectivity index (χ4n) is 3.74. The maximum absolute atomic E-state index is 6.39. The van der Waals surface area contributed by atoms with Gasteiger partial charge in [-0.15, -0.1) is 0 Å². The summed E-state index contributed by atoms with van der Waals surface area (Å²) >= 11 is 12.4. The van der Waals surface area contributed by atoms with Crippen LogP contribution >= 0.6 is 23.2 Å². The molecule has 0 radical (unpaired) electrons. The summed E-state index contributed by atoms with van der Waals surface area (Å²) in [5.41, 5.74) is 7.40. The van der Waals surface area contributed by atoms with Crippen molar-refractivity contribution in [1.82, 2.24) is 0 Å². The summed E-state index contributed by atoms with van der Waals surface area (Å²) in [7, 11) is 0. The Morgan fingerprint density at radius 3 is 2.52 bits per heavy atom. The highest BCUT2D eigenvalue weighted by Crippen LogP contribution is 2.34. The number of halogens is 2. The van der Waals surface area contributed by atoms with E-state index in [2.05, 4.69) is 26.8 Å². The van der Waals surface area contributed by atoms with Gasteiger partial charge in [-0.2, -0.15) is 0 Å².